The third kappa shape index (κ3) is 2.51. The first-order valence-electron chi connectivity index (χ1n) is 6.97. The fourth-order valence-corrected chi connectivity index (χ4v) is 3.26. The van der Waals surface area contributed by atoms with E-state index in [0.717, 1.165) is 33.6 Å². The number of carbonyl (C=O) groups excluding carboxylic acids is 1. The number of halogens is 1. The van der Waals surface area contributed by atoms with Crippen LogP contribution in [0.3, 0.4) is 0 Å². The Morgan fingerprint density at radius 2 is 2.24 bits per heavy atom. The summed E-state index contributed by atoms with van der Waals surface area (Å²) in [6, 6.07) is 8.22. The second-order valence-corrected chi connectivity index (χ2v) is 5.88. The lowest BCUT2D eigenvalue weighted by Crippen LogP contribution is -2.22. The zero-order valence-electron chi connectivity index (χ0n) is 12.0. The molecule has 0 fully saturated rings. The zero-order chi connectivity index (χ0) is 15.0. The van der Waals surface area contributed by atoms with Crippen molar-refractivity contribution in [3.63, 3.8) is 0 Å². The van der Waals surface area contributed by atoms with E-state index in [1.807, 2.05) is 19.2 Å². The Labute approximate surface area is 132 Å². The summed E-state index contributed by atoms with van der Waals surface area (Å²) in [5, 5.41) is 3.47. The molecule has 4 nitrogen and oxygen atoms in total. The highest BCUT2D eigenvalue weighted by Gasteiger charge is 2.26. The van der Waals surface area contributed by atoms with E-state index < -0.39 is 0 Å². The van der Waals surface area contributed by atoms with E-state index in [4.69, 9.17) is 4.42 Å². The average molecular weight is 349 g/mol. The third-order valence-corrected chi connectivity index (χ3v) is 4.52. The number of amides is 1. The Hall–Kier alpha value is -1.59. The first-order chi connectivity index (χ1) is 10.1. The summed E-state index contributed by atoms with van der Waals surface area (Å²) >= 11 is 3.45. The van der Waals surface area contributed by atoms with Crippen LogP contribution in [0.1, 0.15) is 29.7 Å². The first-order valence-corrected chi connectivity index (χ1v) is 7.76. The Kier molecular flexibility index (Phi) is 3.87. The van der Waals surface area contributed by atoms with Crippen LogP contribution in [0.5, 0.6) is 0 Å². The number of benzene rings is 1. The van der Waals surface area contributed by atoms with Crippen molar-refractivity contribution >= 4 is 27.5 Å². The molecule has 0 saturated carbocycles. The van der Waals surface area contributed by atoms with E-state index in [0.29, 0.717) is 6.42 Å². The molecule has 1 N–H and O–H groups in total. The molecular weight excluding hydrogens is 332 g/mol. The maximum Gasteiger partial charge on any atom is 0.231 e. The predicted molar refractivity (Wildman–Crippen MR) is 85.5 cm³/mol. The highest BCUT2D eigenvalue weighted by molar-refractivity contribution is 9.10. The number of furan rings is 1. The molecule has 1 aromatic heterocycles. The van der Waals surface area contributed by atoms with Crippen LogP contribution in [-0.4, -0.2) is 19.5 Å². The topological polar surface area (TPSA) is 45.5 Å². The highest BCUT2D eigenvalue weighted by Crippen LogP contribution is 2.34. The van der Waals surface area contributed by atoms with Gasteiger partial charge in [-0.15, -0.1) is 0 Å². The number of hydrogen-bond acceptors (Lipinski definition) is 3. The van der Waals surface area contributed by atoms with Crippen molar-refractivity contribution in [3.05, 3.63) is 51.9 Å². The molecule has 0 saturated heterocycles. The van der Waals surface area contributed by atoms with Gasteiger partial charge in [-0.25, -0.2) is 0 Å². The van der Waals surface area contributed by atoms with Crippen molar-refractivity contribution in [1.29, 1.82) is 0 Å². The Balaban J connectivity index is 2.00. The number of nitrogens with zero attached hydrogens (tertiary/aromatic N) is 1. The molecule has 0 radical (unpaired) electrons. The van der Waals surface area contributed by atoms with Gasteiger partial charge in [0.05, 0.1) is 18.7 Å². The molecule has 110 valence electrons. The Morgan fingerprint density at radius 3 is 2.90 bits per heavy atom. The average Bonchev–Trinajstić information content (AvgIpc) is 3.01. The summed E-state index contributed by atoms with van der Waals surface area (Å²) in [7, 11) is 1.82. The molecule has 1 aliphatic rings. The number of hydrogen-bond donors (Lipinski definition) is 1. The second kappa shape index (κ2) is 5.66. The summed E-state index contributed by atoms with van der Waals surface area (Å²) in [6.45, 7) is 2.92. The molecule has 3 rings (SSSR count). The second-order valence-electron chi connectivity index (χ2n) is 5.16. The van der Waals surface area contributed by atoms with Crippen molar-refractivity contribution in [2.75, 3.05) is 18.5 Å². The molecule has 5 heteroatoms. The van der Waals surface area contributed by atoms with E-state index in [1.54, 1.807) is 11.2 Å². The van der Waals surface area contributed by atoms with Crippen molar-refractivity contribution in [2.45, 2.75) is 19.4 Å². The molecule has 0 spiro atoms. The van der Waals surface area contributed by atoms with Crippen molar-refractivity contribution in [2.24, 2.45) is 0 Å². The number of anilines is 1. The van der Waals surface area contributed by atoms with E-state index in [2.05, 4.69) is 40.3 Å². The van der Waals surface area contributed by atoms with Gasteiger partial charge < -0.3 is 14.6 Å². The summed E-state index contributed by atoms with van der Waals surface area (Å²) in [5.74, 6) is 0.145. The minimum absolute atomic E-state index is 0.0504. The summed E-state index contributed by atoms with van der Waals surface area (Å²) in [6.07, 6.45) is 2.15. The van der Waals surface area contributed by atoms with Crippen LogP contribution in [0.4, 0.5) is 5.69 Å². The number of rotatable bonds is 4. The predicted octanol–water partition coefficient (Wildman–Crippen LogP) is 3.26. The van der Waals surface area contributed by atoms with Crippen LogP contribution < -0.4 is 10.2 Å². The quantitative estimate of drug-likeness (QED) is 0.922. The number of carbonyl (C=O) groups is 1. The van der Waals surface area contributed by atoms with E-state index in [1.165, 1.54) is 0 Å². The number of likely N-dealkylation sites (N-methyl/N-ethyl adjacent to an activating group) is 1. The SMILES string of the molecule is CCNC(c1ccc2c(c1)CC(=O)N2C)c1ccoc1Br. The lowest BCUT2D eigenvalue weighted by atomic mass is 9.98. The van der Waals surface area contributed by atoms with Gasteiger partial charge in [0.1, 0.15) is 0 Å². The monoisotopic (exact) mass is 348 g/mol. The summed E-state index contributed by atoms with van der Waals surface area (Å²) in [4.78, 5) is 13.5. The lowest BCUT2D eigenvalue weighted by Gasteiger charge is -2.19. The van der Waals surface area contributed by atoms with Gasteiger partial charge in [-0.1, -0.05) is 19.1 Å². The molecule has 2 heterocycles. The lowest BCUT2D eigenvalue weighted by molar-refractivity contribution is -0.117. The van der Waals surface area contributed by atoms with Gasteiger partial charge >= 0.3 is 0 Å². The normalized spacial score (nSPS) is 15.4. The molecule has 2 aromatic rings. The van der Waals surface area contributed by atoms with Crippen LogP contribution in [0.15, 0.2) is 39.6 Å². The van der Waals surface area contributed by atoms with Crippen LogP contribution in [0, 0.1) is 0 Å². The van der Waals surface area contributed by atoms with Crippen LogP contribution in [0.2, 0.25) is 0 Å². The molecule has 1 aliphatic heterocycles. The fourth-order valence-electron chi connectivity index (χ4n) is 2.79. The van der Waals surface area contributed by atoms with Crippen molar-refractivity contribution in [1.82, 2.24) is 5.32 Å². The van der Waals surface area contributed by atoms with E-state index in [9.17, 15) is 4.79 Å². The maximum atomic E-state index is 11.8. The first kappa shape index (κ1) is 14.4. The fraction of sp³-hybridized carbons (Fsp3) is 0.312. The van der Waals surface area contributed by atoms with Gasteiger partial charge in [0, 0.05) is 18.3 Å². The molecule has 0 bridgehead atoms. The number of fused-ring (bicyclic) bond motifs is 1. The molecule has 1 aromatic carbocycles. The van der Waals surface area contributed by atoms with E-state index in [-0.39, 0.29) is 11.9 Å². The van der Waals surface area contributed by atoms with Crippen molar-refractivity contribution in [3.8, 4) is 0 Å². The van der Waals surface area contributed by atoms with Crippen molar-refractivity contribution < 1.29 is 9.21 Å². The van der Waals surface area contributed by atoms with Crippen LogP contribution in [-0.2, 0) is 11.2 Å². The smallest absolute Gasteiger partial charge is 0.231 e. The van der Waals surface area contributed by atoms with Gasteiger partial charge in [-0.05, 0) is 45.7 Å². The third-order valence-electron chi connectivity index (χ3n) is 3.88. The molecular formula is C16H17BrN2O2. The Morgan fingerprint density at radius 1 is 1.43 bits per heavy atom. The maximum absolute atomic E-state index is 11.8. The van der Waals surface area contributed by atoms with Gasteiger partial charge in [0.2, 0.25) is 5.91 Å². The summed E-state index contributed by atoms with van der Waals surface area (Å²) in [5.41, 5.74) is 4.29. The van der Waals surface area contributed by atoms with Gasteiger partial charge in [0.15, 0.2) is 4.67 Å². The molecule has 0 aliphatic carbocycles. The van der Waals surface area contributed by atoms with Gasteiger partial charge in [0.25, 0.3) is 0 Å². The summed E-state index contributed by atoms with van der Waals surface area (Å²) < 4.78 is 6.09. The van der Waals surface area contributed by atoms with Crippen LogP contribution in [0.25, 0.3) is 0 Å². The Bertz CT molecular complexity index is 681. The van der Waals surface area contributed by atoms with Gasteiger partial charge in [-0.3, -0.25) is 4.79 Å². The van der Waals surface area contributed by atoms with E-state index >= 15 is 0 Å². The molecule has 1 amide bonds. The molecule has 21 heavy (non-hydrogen) atoms. The largest absolute Gasteiger partial charge is 0.457 e. The molecule has 1 unspecified atom stereocenters. The highest BCUT2D eigenvalue weighted by atomic mass is 79.9. The number of nitrogens with one attached hydrogen (secondary N) is 1. The minimum atomic E-state index is 0.0504. The molecule has 1 atom stereocenters. The standard InChI is InChI=1S/C16H17BrN2O2/c1-3-18-15(12-6-7-21-16(12)17)10-4-5-13-11(8-10)9-14(20)19(13)2/h4-8,15,18H,3,9H2,1-2H3. The van der Waals surface area contributed by atoms with Crippen LogP contribution >= 0.6 is 15.9 Å². The zero-order valence-corrected chi connectivity index (χ0v) is 13.6. The van der Waals surface area contributed by atoms with Gasteiger partial charge in [-0.2, -0.15) is 0 Å². The minimum Gasteiger partial charge on any atom is -0.457 e.